The van der Waals surface area contributed by atoms with Crippen LogP contribution in [0.1, 0.15) is 73.6 Å². The molecule has 2 N–H and O–H groups in total. The molecular formula is C20H29ClN4O2. The van der Waals surface area contributed by atoms with Crippen LogP contribution in [0.25, 0.3) is 11.1 Å². The average molecular weight is 393 g/mol. The first kappa shape index (κ1) is 20.1. The van der Waals surface area contributed by atoms with Crippen molar-refractivity contribution >= 4 is 29.4 Å². The second-order valence-electron chi connectivity index (χ2n) is 7.95. The smallest absolute Gasteiger partial charge is 0.259 e. The highest BCUT2D eigenvalue weighted by Gasteiger charge is 2.34. The Morgan fingerprint density at radius 1 is 1.37 bits per heavy atom. The number of fused-ring (bicyclic) bond motifs is 1. The summed E-state index contributed by atoms with van der Waals surface area (Å²) in [6.07, 6.45) is 6.00. The maximum Gasteiger partial charge on any atom is 0.259 e. The largest absolute Gasteiger partial charge is 0.336 e. The zero-order valence-corrected chi connectivity index (χ0v) is 16.9. The minimum atomic E-state index is 0. The number of hydrogen-bond acceptors (Lipinski definition) is 5. The van der Waals surface area contributed by atoms with Crippen molar-refractivity contribution in [3.05, 3.63) is 23.0 Å². The van der Waals surface area contributed by atoms with E-state index in [-0.39, 0.29) is 24.4 Å². The Bertz CT molecular complexity index is 818. The van der Waals surface area contributed by atoms with Crippen LogP contribution in [0.4, 0.5) is 0 Å². The lowest BCUT2D eigenvalue weighted by Gasteiger charge is -2.38. The molecular weight excluding hydrogens is 364 g/mol. The molecule has 2 aliphatic rings. The lowest BCUT2D eigenvalue weighted by molar-refractivity contribution is 0.0575. The molecule has 1 saturated carbocycles. The number of rotatable bonds is 5. The molecule has 1 amide bonds. The third-order valence-corrected chi connectivity index (χ3v) is 5.76. The van der Waals surface area contributed by atoms with E-state index >= 15 is 0 Å². The van der Waals surface area contributed by atoms with Crippen LogP contribution in [0.15, 0.2) is 10.6 Å². The van der Waals surface area contributed by atoms with Gasteiger partial charge in [-0.15, -0.1) is 12.4 Å². The molecule has 2 unspecified atom stereocenters. The Balaban J connectivity index is 0.00000210. The minimum absolute atomic E-state index is 0. The van der Waals surface area contributed by atoms with Crippen LogP contribution in [-0.4, -0.2) is 40.1 Å². The fourth-order valence-corrected chi connectivity index (χ4v) is 4.09. The summed E-state index contributed by atoms with van der Waals surface area (Å²) in [5.74, 6) is 1.12. The van der Waals surface area contributed by atoms with Gasteiger partial charge in [0.15, 0.2) is 0 Å². The van der Waals surface area contributed by atoms with E-state index in [4.69, 9.17) is 10.3 Å². The van der Waals surface area contributed by atoms with Crippen molar-refractivity contribution in [3.63, 3.8) is 0 Å². The summed E-state index contributed by atoms with van der Waals surface area (Å²) < 4.78 is 5.51. The molecule has 2 fully saturated rings. The monoisotopic (exact) mass is 392 g/mol. The van der Waals surface area contributed by atoms with Crippen LogP contribution in [0.2, 0.25) is 0 Å². The van der Waals surface area contributed by atoms with Gasteiger partial charge in [-0.3, -0.25) is 4.79 Å². The number of amides is 1. The highest BCUT2D eigenvalue weighted by Crippen LogP contribution is 2.41. The maximum absolute atomic E-state index is 13.5. The first-order chi connectivity index (χ1) is 12.6. The van der Waals surface area contributed by atoms with Gasteiger partial charge in [0, 0.05) is 30.7 Å². The van der Waals surface area contributed by atoms with E-state index in [2.05, 4.69) is 24.0 Å². The number of halogens is 1. The fourth-order valence-electron chi connectivity index (χ4n) is 4.09. The van der Waals surface area contributed by atoms with Gasteiger partial charge in [0.2, 0.25) is 0 Å². The molecule has 0 aromatic carbocycles. The number of carbonyl (C=O) groups is 1. The summed E-state index contributed by atoms with van der Waals surface area (Å²) in [7, 11) is 0. The fraction of sp³-hybridized carbons (Fsp3) is 0.650. The van der Waals surface area contributed by atoms with Crippen molar-refractivity contribution in [1.29, 1.82) is 0 Å². The second-order valence-corrected chi connectivity index (χ2v) is 7.95. The van der Waals surface area contributed by atoms with E-state index in [9.17, 15) is 4.79 Å². The van der Waals surface area contributed by atoms with Gasteiger partial charge in [-0.25, -0.2) is 4.98 Å². The van der Waals surface area contributed by atoms with E-state index in [1.54, 1.807) is 0 Å². The lowest BCUT2D eigenvalue weighted by atomic mass is 9.91. The molecule has 0 spiro atoms. The van der Waals surface area contributed by atoms with Crippen molar-refractivity contribution in [2.45, 2.75) is 64.3 Å². The van der Waals surface area contributed by atoms with Crippen molar-refractivity contribution in [1.82, 2.24) is 15.0 Å². The molecule has 1 saturated heterocycles. The third kappa shape index (κ3) is 3.83. The van der Waals surface area contributed by atoms with Crippen LogP contribution < -0.4 is 5.73 Å². The number of hydrogen-bond donors (Lipinski definition) is 1. The highest BCUT2D eigenvalue weighted by molar-refractivity contribution is 6.06. The predicted molar refractivity (Wildman–Crippen MR) is 107 cm³/mol. The van der Waals surface area contributed by atoms with Crippen LogP contribution >= 0.6 is 12.4 Å². The average Bonchev–Trinajstić information content (AvgIpc) is 3.42. The number of carbonyl (C=O) groups excluding carboxylic acids is 1. The van der Waals surface area contributed by atoms with Gasteiger partial charge >= 0.3 is 0 Å². The Hall–Kier alpha value is -1.66. The second kappa shape index (κ2) is 8.15. The molecule has 0 radical (unpaired) electrons. The molecule has 4 rings (SSSR count). The molecule has 7 heteroatoms. The molecule has 2 aromatic rings. The van der Waals surface area contributed by atoms with Gasteiger partial charge in [0.1, 0.15) is 0 Å². The van der Waals surface area contributed by atoms with E-state index in [1.807, 2.05) is 11.0 Å². The third-order valence-electron chi connectivity index (χ3n) is 5.76. The summed E-state index contributed by atoms with van der Waals surface area (Å²) in [5, 5.41) is 5.01. The predicted octanol–water partition coefficient (Wildman–Crippen LogP) is 3.67. The van der Waals surface area contributed by atoms with Crippen molar-refractivity contribution in [2.75, 3.05) is 13.1 Å². The number of pyridine rings is 1. The number of nitrogens with two attached hydrogens (primary N) is 1. The number of aromatic nitrogens is 2. The zero-order valence-electron chi connectivity index (χ0n) is 16.1. The van der Waals surface area contributed by atoms with E-state index in [0.717, 1.165) is 61.8 Å². The molecule has 148 valence electrons. The van der Waals surface area contributed by atoms with Gasteiger partial charge in [0.25, 0.3) is 11.6 Å². The maximum atomic E-state index is 13.5. The van der Waals surface area contributed by atoms with E-state index < -0.39 is 0 Å². The van der Waals surface area contributed by atoms with Crippen LogP contribution in [0, 0.1) is 5.92 Å². The van der Waals surface area contributed by atoms with Crippen LogP contribution in [0.3, 0.4) is 0 Å². The van der Waals surface area contributed by atoms with Crippen LogP contribution in [0.5, 0.6) is 0 Å². The molecule has 27 heavy (non-hydrogen) atoms. The van der Waals surface area contributed by atoms with Gasteiger partial charge in [0.05, 0.1) is 16.6 Å². The zero-order chi connectivity index (χ0) is 18.3. The minimum Gasteiger partial charge on any atom is -0.336 e. The van der Waals surface area contributed by atoms with Gasteiger partial charge < -0.3 is 15.2 Å². The topological polar surface area (TPSA) is 85.2 Å². The molecule has 1 aliphatic heterocycles. The normalized spacial score (nSPS) is 22.7. The van der Waals surface area contributed by atoms with Gasteiger partial charge in [-0.1, -0.05) is 25.4 Å². The number of nitrogens with zero attached hydrogens (tertiary/aromatic N) is 3. The molecule has 2 aromatic heterocycles. The first-order valence-corrected chi connectivity index (χ1v) is 9.92. The van der Waals surface area contributed by atoms with Crippen molar-refractivity contribution in [2.24, 2.45) is 11.7 Å². The molecule has 3 heterocycles. The lowest BCUT2D eigenvalue weighted by Crippen LogP contribution is -2.49. The summed E-state index contributed by atoms with van der Waals surface area (Å²) in [5.41, 5.74) is 9.02. The number of likely N-dealkylation sites (tertiary alicyclic amines) is 1. The first-order valence-electron chi connectivity index (χ1n) is 9.92. The summed E-state index contributed by atoms with van der Waals surface area (Å²) >= 11 is 0. The van der Waals surface area contributed by atoms with Crippen molar-refractivity contribution in [3.8, 4) is 0 Å². The van der Waals surface area contributed by atoms with Gasteiger partial charge in [-0.05, 0) is 44.1 Å². The van der Waals surface area contributed by atoms with Gasteiger partial charge in [-0.2, -0.15) is 0 Å². The molecule has 0 bridgehead atoms. The van der Waals surface area contributed by atoms with E-state index in [0.29, 0.717) is 29.7 Å². The van der Waals surface area contributed by atoms with Crippen LogP contribution in [-0.2, 0) is 6.42 Å². The number of aryl methyl sites for hydroxylation is 1. The van der Waals surface area contributed by atoms with Crippen molar-refractivity contribution < 1.29 is 9.32 Å². The molecule has 2 atom stereocenters. The van der Waals surface area contributed by atoms with E-state index in [1.165, 1.54) is 0 Å². The Kier molecular flexibility index (Phi) is 6.06. The SMILES string of the molecule is CCCc1noc2nc(C3CC3)cc(C(=O)N3CCC(C)CC3CN)c12.Cl. The Labute approximate surface area is 166 Å². The Morgan fingerprint density at radius 3 is 2.81 bits per heavy atom. The standard InChI is InChI=1S/C20H28N4O2.ClH/c1-3-4-16-18-15(10-17(13-5-6-13)22-19(18)26-23-16)20(25)24-8-7-12(2)9-14(24)11-21;/h10,12-14H,3-9,11,21H2,1-2H3;1H. The highest BCUT2D eigenvalue weighted by atomic mass is 35.5. The number of piperidine rings is 1. The summed E-state index contributed by atoms with van der Waals surface area (Å²) in [6.45, 7) is 5.61. The molecule has 1 aliphatic carbocycles. The molecule has 6 nitrogen and oxygen atoms in total. The Morgan fingerprint density at radius 2 is 2.15 bits per heavy atom. The summed E-state index contributed by atoms with van der Waals surface area (Å²) in [4.78, 5) is 20.1. The quantitative estimate of drug-likeness (QED) is 0.838. The summed E-state index contributed by atoms with van der Waals surface area (Å²) in [6, 6.07) is 2.10.